The summed E-state index contributed by atoms with van der Waals surface area (Å²) >= 11 is 0. The lowest BCUT2D eigenvalue weighted by Crippen LogP contribution is -2.46. The minimum atomic E-state index is -0.420. The Balaban J connectivity index is 1.90. The van der Waals surface area contributed by atoms with E-state index >= 15 is 0 Å². The zero-order valence-corrected chi connectivity index (χ0v) is 11.2. The molecule has 1 aliphatic rings. The summed E-state index contributed by atoms with van der Waals surface area (Å²) < 4.78 is 2.33. The molecule has 3 heteroatoms. The first-order chi connectivity index (χ1) is 8.06. The normalized spacial score (nSPS) is 18.1. The van der Waals surface area contributed by atoms with Gasteiger partial charge in [0.15, 0.2) is 0 Å². The maximum atomic E-state index is 10.00. The van der Waals surface area contributed by atoms with Gasteiger partial charge < -0.3 is 15.0 Å². The van der Waals surface area contributed by atoms with Crippen LogP contribution in [0.25, 0.3) is 0 Å². The van der Waals surface area contributed by atoms with Crippen molar-refractivity contribution in [2.24, 2.45) is 0 Å². The van der Waals surface area contributed by atoms with Gasteiger partial charge in [-0.2, -0.15) is 0 Å². The van der Waals surface area contributed by atoms with E-state index in [4.69, 9.17) is 0 Å². The lowest BCUT2D eigenvalue weighted by molar-refractivity contribution is -0.0314. The van der Waals surface area contributed by atoms with Gasteiger partial charge >= 0.3 is 0 Å². The second-order valence-corrected chi connectivity index (χ2v) is 5.32. The molecule has 0 aliphatic heterocycles. The van der Waals surface area contributed by atoms with Gasteiger partial charge in [-0.05, 0) is 51.7 Å². The van der Waals surface area contributed by atoms with Crippen molar-refractivity contribution in [1.82, 2.24) is 9.88 Å². The van der Waals surface area contributed by atoms with Crippen LogP contribution in [0.15, 0.2) is 6.07 Å². The summed E-state index contributed by atoms with van der Waals surface area (Å²) in [5, 5.41) is 13.4. The second-order valence-electron chi connectivity index (χ2n) is 5.32. The summed E-state index contributed by atoms with van der Waals surface area (Å²) in [6.07, 6.45) is 3.07. The molecule has 17 heavy (non-hydrogen) atoms. The van der Waals surface area contributed by atoms with Crippen molar-refractivity contribution in [1.29, 1.82) is 0 Å². The molecule has 1 saturated carbocycles. The fourth-order valence-corrected chi connectivity index (χ4v) is 2.73. The first-order valence-electron chi connectivity index (χ1n) is 6.64. The van der Waals surface area contributed by atoms with Crippen molar-refractivity contribution in [3.8, 4) is 0 Å². The highest BCUT2D eigenvalue weighted by atomic mass is 16.3. The monoisotopic (exact) mass is 236 g/mol. The van der Waals surface area contributed by atoms with Gasteiger partial charge in [0.1, 0.15) is 0 Å². The molecule has 0 amide bonds. The first-order valence-corrected chi connectivity index (χ1v) is 6.64. The lowest BCUT2D eigenvalue weighted by atomic mass is 9.80. The molecule has 1 aromatic rings. The number of hydrogen-bond donors (Lipinski definition) is 2. The van der Waals surface area contributed by atoms with E-state index in [2.05, 4.69) is 36.7 Å². The molecule has 0 bridgehead atoms. The third kappa shape index (κ3) is 2.55. The molecule has 2 N–H and O–H groups in total. The minimum absolute atomic E-state index is 0.420. The Kier molecular flexibility index (Phi) is 3.59. The first kappa shape index (κ1) is 12.7. The minimum Gasteiger partial charge on any atom is -0.389 e. The van der Waals surface area contributed by atoms with Crippen molar-refractivity contribution in [3.05, 3.63) is 23.0 Å². The van der Waals surface area contributed by atoms with Crippen LogP contribution < -0.4 is 5.32 Å². The Labute approximate surface area is 104 Å². The van der Waals surface area contributed by atoms with Gasteiger partial charge in [-0.1, -0.05) is 0 Å². The number of rotatable bonds is 5. The average Bonchev–Trinajstić information content (AvgIpc) is 2.51. The van der Waals surface area contributed by atoms with Gasteiger partial charge in [0.2, 0.25) is 0 Å². The predicted molar refractivity (Wildman–Crippen MR) is 70.1 cm³/mol. The largest absolute Gasteiger partial charge is 0.389 e. The third-order valence-corrected chi connectivity index (χ3v) is 4.05. The standard InChI is InChI=1S/C14H24N2O/c1-4-16-11(2)8-13(12(16)3)9-15-10-14(17)6-5-7-14/h8,15,17H,4-7,9-10H2,1-3H3. The molecule has 1 aliphatic carbocycles. The topological polar surface area (TPSA) is 37.2 Å². The van der Waals surface area contributed by atoms with Gasteiger partial charge in [-0.3, -0.25) is 0 Å². The second kappa shape index (κ2) is 4.83. The molecule has 2 rings (SSSR count). The molecule has 0 saturated heterocycles. The number of aryl methyl sites for hydroxylation is 1. The summed E-state index contributed by atoms with van der Waals surface area (Å²) in [6.45, 7) is 9.12. The van der Waals surface area contributed by atoms with Gasteiger partial charge in [-0.25, -0.2) is 0 Å². The Bertz CT molecular complexity index is 391. The van der Waals surface area contributed by atoms with E-state index in [9.17, 15) is 5.11 Å². The van der Waals surface area contributed by atoms with Crippen LogP contribution in [0.2, 0.25) is 0 Å². The Morgan fingerprint density at radius 1 is 1.41 bits per heavy atom. The molecule has 0 unspecified atom stereocenters. The van der Waals surface area contributed by atoms with Crippen molar-refractivity contribution in [3.63, 3.8) is 0 Å². The van der Waals surface area contributed by atoms with E-state index in [-0.39, 0.29) is 0 Å². The molecule has 0 atom stereocenters. The fourth-order valence-electron chi connectivity index (χ4n) is 2.73. The molecule has 3 nitrogen and oxygen atoms in total. The van der Waals surface area contributed by atoms with E-state index in [0.29, 0.717) is 0 Å². The number of hydrogen-bond acceptors (Lipinski definition) is 2. The molecule has 0 aromatic carbocycles. The zero-order chi connectivity index (χ0) is 12.5. The summed E-state index contributed by atoms with van der Waals surface area (Å²) in [6, 6.07) is 2.25. The van der Waals surface area contributed by atoms with Crippen LogP contribution in [0, 0.1) is 13.8 Å². The molecule has 0 radical (unpaired) electrons. The Hall–Kier alpha value is -0.800. The van der Waals surface area contributed by atoms with Gasteiger partial charge in [0.05, 0.1) is 5.60 Å². The third-order valence-electron chi connectivity index (χ3n) is 4.05. The van der Waals surface area contributed by atoms with Crippen molar-refractivity contribution in [2.75, 3.05) is 6.54 Å². The van der Waals surface area contributed by atoms with Crippen LogP contribution in [0.5, 0.6) is 0 Å². The van der Waals surface area contributed by atoms with Crippen LogP contribution in [0.4, 0.5) is 0 Å². The van der Waals surface area contributed by atoms with Gasteiger partial charge in [0, 0.05) is 31.0 Å². The molecule has 1 fully saturated rings. The highest BCUT2D eigenvalue weighted by Gasteiger charge is 2.33. The molecular formula is C14H24N2O. The summed E-state index contributed by atoms with van der Waals surface area (Å²) in [7, 11) is 0. The zero-order valence-electron chi connectivity index (χ0n) is 11.2. The molecule has 1 heterocycles. The highest BCUT2D eigenvalue weighted by Crippen LogP contribution is 2.30. The van der Waals surface area contributed by atoms with Gasteiger partial charge in [-0.15, -0.1) is 0 Å². The maximum absolute atomic E-state index is 10.00. The Morgan fingerprint density at radius 3 is 2.59 bits per heavy atom. The molecule has 0 spiro atoms. The van der Waals surface area contributed by atoms with Crippen molar-refractivity contribution < 1.29 is 5.11 Å². The number of nitrogens with zero attached hydrogens (tertiary/aromatic N) is 1. The Morgan fingerprint density at radius 2 is 2.12 bits per heavy atom. The summed E-state index contributed by atoms with van der Waals surface area (Å²) in [4.78, 5) is 0. The average molecular weight is 236 g/mol. The van der Waals surface area contributed by atoms with Crippen LogP contribution in [0.3, 0.4) is 0 Å². The van der Waals surface area contributed by atoms with Crippen LogP contribution >= 0.6 is 0 Å². The van der Waals surface area contributed by atoms with E-state index in [1.54, 1.807) is 0 Å². The van der Waals surface area contributed by atoms with Crippen LogP contribution in [0.1, 0.15) is 43.1 Å². The maximum Gasteiger partial charge on any atom is 0.0771 e. The SMILES string of the molecule is CCn1c(C)cc(CNCC2(O)CCC2)c1C. The summed E-state index contributed by atoms with van der Waals surface area (Å²) in [5.74, 6) is 0. The van der Waals surface area contributed by atoms with Crippen LogP contribution in [-0.2, 0) is 13.1 Å². The van der Waals surface area contributed by atoms with Crippen molar-refractivity contribution >= 4 is 0 Å². The summed E-state index contributed by atoms with van der Waals surface area (Å²) in [5.41, 5.74) is 3.60. The number of nitrogens with one attached hydrogen (secondary N) is 1. The molecular weight excluding hydrogens is 212 g/mol. The van der Waals surface area contributed by atoms with E-state index in [0.717, 1.165) is 32.5 Å². The lowest BCUT2D eigenvalue weighted by Gasteiger charge is -2.36. The quantitative estimate of drug-likeness (QED) is 0.822. The molecule has 96 valence electrons. The fraction of sp³-hybridized carbons (Fsp3) is 0.714. The van der Waals surface area contributed by atoms with Crippen LogP contribution in [-0.4, -0.2) is 21.8 Å². The smallest absolute Gasteiger partial charge is 0.0771 e. The van der Waals surface area contributed by atoms with E-state index < -0.39 is 5.60 Å². The highest BCUT2D eigenvalue weighted by molar-refractivity contribution is 5.26. The number of aliphatic hydroxyl groups is 1. The molecule has 1 aromatic heterocycles. The van der Waals surface area contributed by atoms with Gasteiger partial charge in [0.25, 0.3) is 0 Å². The van der Waals surface area contributed by atoms with Crippen molar-refractivity contribution in [2.45, 2.75) is 58.7 Å². The van der Waals surface area contributed by atoms with E-state index in [1.807, 2.05) is 0 Å². The number of aromatic nitrogens is 1. The predicted octanol–water partition coefficient (Wildman–Crippen LogP) is 2.13. The van der Waals surface area contributed by atoms with E-state index in [1.165, 1.54) is 23.4 Å².